The van der Waals surface area contributed by atoms with Crippen molar-refractivity contribution in [1.82, 2.24) is 19.7 Å². The van der Waals surface area contributed by atoms with Gasteiger partial charge in [-0.05, 0) is 43.4 Å². The Labute approximate surface area is 172 Å². The van der Waals surface area contributed by atoms with Crippen LogP contribution in [-0.2, 0) is 4.79 Å². The fourth-order valence-electron chi connectivity index (χ4n) is 4.80. The van der Waals surface area contributed by atoms with E-state index in [1.54, 1.807) is 0 Å². The summed E-state index contributed by atoms with van der Waals surface area (Å²) in [6, 6.07) is 8.10. The van der Waals surface area contributed by atoms with Gasteiger partial charge in [-0.2, -0.15) is 0 Å². The third-order valence-electron chi connectivity index (χ3n) is 6.25. The van der Waals surface area contributed by atoms with E-state index in [0.29, 0.717) is 37.2 Å². The predicted molar refractivity (Wildman–Crippen MR) is 115 cm³/mol. The summed E-state index contributed by atoms with van der Waals surface area (Å²) in [6.45, 7) is 11.5. The normalized spacial score (nSPS) is 23.6. The molecule has 1 aromatic carbocycles. The first-order chi connectivity index (χ1) is 13.9. The maximum Gasteiger partial charge on any atom is 0.270 e. The Bertz CT molecular complexity index is 887. The van der Waals surface area contributed by atoms with Crippen LogP contribution in [0.4, 0.5) is 0 Å². The number of H-pyrrole nitrogens is 1. The Balaban J connectivity index is 1.31. The molecule has 1 N–H and O–H groups in total. The second-order valence-corrected chi connectivity index (χ2v) is 9.09. The second-order valence-electron chi connectivity index (χ2n) is 9.09. The van der Waals surface area contributed by atoms with Gasteiger partial charge in [0.2, 0.25) is 5.91 Å². The molecule has 0 bridgehead atoms. The number of nitrogens with one attached hydrogen (secondary N) is 1. The largest absolute Gasteiger partial charge is 0.351 e. The summed E-state index contributed by atoms with van der Waals surface area (Å²) in [6.07, 6.45) is 1.21. The lowest BCUT2D eigenvalue weighted by Gasteiger charge is -2.38. The van der Waals surface area contributed by atoms with E-state index < -0.39 is 0 Å². The summed E-state index contributed by atoms with van der Waals surface area (Å²) in [5.74, 6) is 1.44. The van der Waals surface area contributed by atoms with Crippen LogP contribution >= 0.6 is 0 Å². The first-order valence-electron chi connectivity index (χ1n) is 10.8. The third-order valence-corrected chi connectivity index (χ3v) is 6.25. The minimum absolute atomic E-state index is 0.0449. The van der Waals surface area contributed by atoms with Gasteiger partial charge in [-0.1, -0.05) is 25.5 Å². The molecule has 0 saturated carbocycles. The molecule has 2 atom stereocenters. The Morgan fingerprint density at radius 2 is 1.69 bits per heavy atom. The fraction of sp³-hybridized carbons (Fsp3) is 0.565. The van der Waals surface area contributed by atoms with Crippen LogP contribution in [0, 0.1) is 18.8 Å². The van der Waals surface area contributed by atoms with Crippen molar-refractivity contribution in [3.8, 4) is 0 Å². The number of piperazine rings is 1. The van der Waals surface area contributed by atoms with E-state index in [1.807, 2.05) is 28.0 Å². The Kier molecular flexibility index (Phi) is 5.63. The van der Waals surface area contributed by atoms with Gasteiger partial charge in [0.15, 0.2) is 0 Å². The van der Waals surface area contributed by atoms with Gasteiger partial charge < -0.3 is 14.8 Å². The van der Waals surface area contributed by atoms with Crippen molar-refractivity contribution >= 4 is 22.7 Å². The SMILES string of the molecule is Cc1ccc2[nH]c(C(=O)N3CCN(CC(=O)N4C[C@@H](C)C[C@H](C)C4)CC3)cc2c1. The molecule has 0 unspecified atom stereocenters. The first-order valence-corrected chi connectivity index (χ1v) is 10.8. The molecule has 156 valence electrons. The number of benzene rings is 1. The Morgan fingerprint density at radius 3 is 2.38 bits per heavy atom. The summed E-state index contributed by atoms with van der Waals surface area (Å²) >= 11 is 0. The van der Waals surface area contributed by atoms with E-state index in [0.717, 1.165) is 37.1 Å². The molecule has 2 saturated heterocycles. The lowest BCUT2D eigenvalue weighted by Crippen LogP contribution is -2.53. The number of hydrogen-bond donors (Lipinski definition) is 1. The highest BCUT2D eigenvalue weighted by atomic mass is 16.2. The van der Waals surface area contributed by atoms with Crippen LogP contribution < -0.4 is 0 Å². The van der Waals surface area contributed by atoms with Crippen molar-refractivity contribution in [3.05, 3.63) is 35.5 Å². The maximum absolute atomic E-state index is 12.9. The number of carbonyl (C=O) groups is 2. The van der Waals surface area contributed by atoms with Gasteiger partial charge in [-0.25, -0.2) is 0 Å². The van der Waals surface area contributed by atoms with Gasteiger partial charge in [-0.3, -0.25) is 14.5 Å². The monoisotopic (exact) mass is 396 g/mol. The molecule has 29 heavy (non-hydrogen) atoms. The maximum atomic E-state index is 12.9. The van der Waals surface area contributed by atoms with Gasteiger partial charge in [-0.15, -0.1) is 0 Å². The first kappa shape index (κ1) is 20.0. The van der Waals surface area contributed by atoms with E-state index in [-0.39, 0.29) is 11.8 Å². The van der Waals surface area contributed by atoms with Crippen LogP contribution in [0.3, 0.4) is 0 Å². The third kappa shape index (κ3) is 4.47. The average molecular weight is 397 g/mol. The number of aromatic nitrogens is 1. The molecule has 0 spiro atoms. The quantitative estimate of drug-likeness (QED) is 0.868. The topological polar surface area (TPSA) is 59.7 Å². The number of fused-ring (bicyclic) bond motifs is 1. The van der Waals surface area contributed by atoms with Crippen molar-refractivity contribution in [2.75, 3.05) is 45.8 Å². The van der Waals surface area contributed by atoms with Gasteiger partial charge >= 0.3 is 0 Å². The van der Waals surface area contributed by atoms with Crippen molar-refractivity contribution in [2.45, 2.75) is 27.2 Å². The van der Waals surface area contributed by atoms with Crippen LogP contribution in [0.1, 0.15) is 36.3 Å². The van der Waals surface area contributed by atoms with Crippen molar-refractivity contribution in [1.29, 1.82) is 0 Å². The van der Waals surface area contributed by atoms with Gasteiger partial charge in [0.25, 0.3) is 5.91 Å². The van der Waals surface area contributed by atoms with Gasteiger partial charge in [0, 0.05) is 50.2 Å². The standard InChI is InChI=1S/C23H32N4O2/c1-16-4-5-20-19(11-16)12-21(24-20)23(29)26-8-6-25(7-9-26)15-22(28)27-13-17(2)10-18(3)14-27/h4-5,11-12,17-18,24H,6-10,13-15H2,1-3H3/t17-,18-/m0/s1. The van der Waals surface area contributed by atoms with E-state index >= 15 is 0 Å². The van der Waals surface area contributed by atoms with Crippen molar-refractivity contribution in [2.24, 2.45) is 11.8 Å². The fourth-order valence-corrected chi connectivity index (χ4v) is 4.80. The lowest BCUT2D eigenvalue weighted by atomic mass is 9.92. The summed E-state index contributed by atoms with van der Waals surface area (Å²) in [5, 5.41) is 1.07. The number of aromatic amines is 1. The summed E-state index contributed by atoms with van der Waals surface area (Å²) in [4.78, 5) is 35.0. The molecule has 2 aliphatic rings. The molecule has 2 aliphatic heterocycles. The average Bonchev–Trinajstić information content (AvgIpc) is 3.10. The minimum Gasteiger partial charge on any atom is -0.351 e. The molecule has 4 rings (SSSR count). The molecule has 2 amide bonds. The van der Waals surface area contributed by atoms with E-state index in [2.05, 4.69) is 36.7 Å². The summed E-state index contributed by atoms with van der Waals surface area (Å²) < 4.78 is 0. The molecule has 0 aliphatic carbocycles. The number of likely N-dealkylation sites (tertiary alicyclic amines) is 1. The highest BCUT2D eigenvalue weighted by molar-refractivity contribution is 5.98. The predicted octanol–water partition coefficient (Wildman–Crippen LogP) is 2.74. The van der Waals surface area contributed by atoms with E-state index in [4.69, 9.17) is 0 Å². The van der Waals surface area contributed by atoms with Crippen LogP contribution in [0.2, 0.25) is 0 Å². The van der Waals surface area contributed by atoms with Crippen molar-refractivity contribution in [3.63, 3.8) is 0 Å². The van der Waals surface area contributed by atoms with Crippen LogP contribution in [0.5, 0.6) is 0 Å². The molecular weight excluding hydrogens is 364 g/mol. The van der Waals surface area contributed by atoms with E-state index in [1.165, 1.54) is 12.0 Å². The number of rotatable bonds is 3. The van der Waals surface area contributed by atoms with E-state index in [9.17, 15) is 9.59 Å². The van der Waals surface area contributed by atoms with Crippen molar-refractivity contribution < 1.29 is 9.59 Å². The van der Waals surface area contributed by atoms with Crippen LogP contribution in [0.15, 0.2) is 24.3 Å². The number of piperidine rings is 1. The molecule has 6 heteroatoms. The molecule has 0 radical (unpaired) electrons. The molecule has 6 nitrogen and oxygen atoms in total. The zero-order valence-corrected chi connectivity index (χ0v) is 17.8. The minimum atomic E-state index is 0.0449. The smallest absolute Gasteiger partial charge is 0.270 e. The molecule has 3 heterocycles. The van der Waals surface area contributed by atoms with Gasteiger partial charge in [0.05, 0.1) is 6.54 Å². The summed E-state index contributed by atoms with van der Waals surface area (Å²) in [7, 11) is 0. The highest BCUT2D eigenvalue weighted by Gasteiger charge is 2.28. The molecule has 1 aromatic heterocycles. The highest BCUT2D eigenvalue weighted by Crippen LogP contribution is 2.22. The zero-order chi connectivity index (χ0) is 20.5. The Hall–Kier alpha value is -2.34. The number of hydrogen-bond acceptors (Lipinski definition) is 3. The molecular formula is C23H32N4O2. The number of aryl methyl sites for hydroxylation is 1. The second kappa shape index (κ2) is 8.19. The molecule has 2 aromatic rings. The molecule has 2 fully saturated rings. The Morgan fingerprint density at radius 1 is 1.00 bits per heavy atom. The number of amides is 2. The number of carbonyl (C=O) groups excluding carboxylic acids is 2. The van der Waals surface area contributed by atoms with Crippen LogP contribution in [-0.4, -0.2) is 77.3 Å². The van der Waals surface area contributed by atoms with Gasteiger partial charge in [0.1, 0.15) is 5.69 Å². The summed E-state index contributed by atoms with van der Waals surface area (Å²) in [5.41, 5.74) is 2.82. The number of nitrogens with zero attached hydrogens (tertiary/aromatic N) is 3. The lowest BCUT2D eigenvalue weighted by molar-refractivity contribution is -0.135. The van der Waals surface area contributed by atoms with Crippen LogP contribution in [0.25, 0.3) is 10.9 Å². The zero-order valence-electron chi connectivity index (χ0n) is 17.8.